The molecular weight excluding hydrogens is 280 g/mol. The first-order valence-corrected chi connectivity index (χ1v) is 6.84. The highest BCUT2D eigenvalue weighted by atomic mass is 32.2. The molecule has 0 radical (unpaired) electrons. The smallest absolute Gasteiger partial charge is 0.269 e. The molecule has 0 saturated carbocycles. The van der Waals surface area contributed by atoms with Crippen LogP contribution in [0.3, 0.4) is 0 Å². The molecule has 8 nitrogen and oxygen atoms in total. The Morgan fingerprint density at radius 3 is 3.00 bits per heavy atom. The second-order valence-electron chi connectivity index (χ2n) is 4.21. The number of allylic oxidation sites excluding steroid dienone is 1. The lowest BCUT2D eigenvalue weighted by molar-refractivity contribution is -0.114. The summed E-state index contributed by atoms with van der Waals surface area (Å²) in [6.45, 7) is 0. The molecule has 0 aromatic carbocycles. The van der Waals surface area contributed by atoms with Crippen LogP contribution in [-0.2, 0) is 11.2 Å². The lowest BCUT2D eigenvalue weighted by atomic mass is 10.1. The van der Waals surface area contributed by atoms with E-state index >= 15 is 0 Å². The zero-order valence-corrected chi connectivity index (χ0v) is 11.1. The summed E-state index contributed by atoms with van der Waals surface area (Å²) < 4.78 is 0. The van der Waals surface area contributed by atoms with Gasteiger partial charge in [0, 0.05) is 5.69 Å². The number of hydrogen-bond donors (Lipinski definition) is 2. The number of carbonyl (C=O) groups excluding carboxylic acids is 2. The van der Waals surface area contributed by atoms with Crippen molar-refractivity contribution >= 4 is 23.3 Å². The van der Waals surface area contributed by atoms with Gasteiger partial charge in [-0.15, -0.1) is 22.0 Å². The lowest BCUT2D eigenvalue weighted by Crippen LogP contribution is -2.18. The zero-order valence-electron chi connectivity index (χ0n) is 10.2. The summed E-state index contributed by atoms with van der Waals surface area (Å²) in [5.41, 5.74) is 1.49. The van der Waals surface area contributed by atoms with Gasteiger partial charge < -0.3 is 0 Å². The van der Waals surface area contributed by atoms with Crippen LogP contribution in [-0.4, -0.2) is 42.4 Å². The average molecular weight is 290 g/mol. The molecule has 0 spiro atoms. The van der Waals surface area contributed by atoms with Crippen molar-refractivity contribution in [2.45, 2.75) is 18.1 Å². The minimum atomic E-state index is -0.758. The first kappa shape index (κ1) is 12.7. The van der Waals surface area contributed by atoms with Crippen molar-refractivity contribution < 1.29 is 9.59 Å². The van der Waals surface area contributed by atoms with Crippen LogP contribution in [0.4, 0.5) is 0 Å². The van der Waals surface area contributed by atoms with Gasteiger partial charge in [-0.3, -0.25) is 14.7 Å². The molecule has 3 heterocycles. The highest BCUT2D eigenvalue weighted by Gasteiger charge is 2.23. The first-order chi connectivity index (χ1) is 9.74. The van der Waals surface area contributed by atoms with Gasteiger partial charge in [-0.1, -0.05) is 6.08 Å². The van der Waals surface area contributed by atoms with E-state index in [0.717, 1.165) is 12.1 Å². The number of nitrogens with zero attached hydrogens (tertiary/aromatic N) is 4. The molecule has 2 aromatic rings. The van der Waals surface area contributed by atoms with Crippen LogP contribution >= 0.6 is 11.8 Å². The predicted molar refractivity (Wildman–Crippen MR) is 69.9 cm³/mol. The van der Waals surface area contributed by atoms with Crippen LogP contribution in [0.5, 0.6) is 0 Å². The molecule has 102 valence electrons. The number of carbonyl (C=O) groups is 2. The number of nitrogens with one attached hydrogen (secondary N) is 2. The molecule has 0 saturated heterocycles. The predicted octanol–water partition coefficient (Wildman–Crippen LogP) is 0.609. The van der Waals surface area contributed by atoms with Crippen molar-refractivity contribution in [1.82, 2.24) is 30.8 Å². The molecular formula is C11H10N6O2S. The van der Waals surface area contributed by atoms with E-state index in [9.17, 15) is 9.59 Å². The maximum Gasteiger partial charge on any atom is 0.269 e. The molecule has 1 unspecified atom stereocenters. The first-order valence-electron chi connectivity index (χ1n) is 5.89. The van der Waals surface area contributed by atoms with E-state index in [2.05, 4.69) is 36.9 Å². The third-order valence-electron chi connectivity index (χ3n) is 2.82. The summed E-state index contributed by atoms with van der Waals surface area (Å²) >= 11 is 1.68. The van der Waals surface area contributed by atoms with Crippen molar-refractivity contribution in [2.24, 2.45) is 0 Å². The summed E-state index contributed by atoms with van der Waals surface area (Å²) in [5.74, 6) is -1.57. The Kier molecular flexibility index (Phi) is 3.42. The number of aromatic nitrogens is 6. The second-order valence-corrected chi connectivity index (χ2v) is 5.33. The fourth-order valence-electron chi connectivity index (χ4n) is 1.85. The zero-order chi connectivity index (χ0) is 13.9. The van der Waals surface area contributed by atoms with Gasteiger partial charge in [-0.2, -0.15) is 10.3 Å². The maximum atomic E-state index is 11.8. The second kappa shape index (κ2) is 5.37. The Labute approximate surface area is 117 Å². The van der Waals surface area contributed by atoms with E-state index in [1.54, 1.807) is 11.8 Å². The number of hydrogen-bond acceptors (Lipinski definition) is 7. The fourth-order valence-corrected chi connectivity index (χ4v) is 2.74. The van der Waals surface area contributed by atoms with Gasteiger partial charge in [0.25, 0.3) is 5.78 Å². The normalized spacial score (nSPS) is 17.5. The van der Waals surface area contributed by atoms with E-state index in [-0.39, 0.29) is 17.5 Å². The van der Waals surface area contributed by atoms with Crippen LogP contribution < -0.4 is 0 Å². The topological polar surface area (TPSA) is 117 Å². The third kappa shape index (κ3) is 2.52. The van der Waals surface area contributed by atoms with Gasteiger partial charge in [-0.25, -0.2) is 0 Å². The van der Waals surface area contributed by atoms with Crippen LogP contribution in [0, 0.1) is 0 Å². The number of H-pyrrole nitrogens is 2. The molecule has 0 bridgehead atoms. The molecule has 0 fully saturated rings. The van der Waals surface area contributed by atoms with Gasteiger partial charge >= 0.3 is 0 Å². The van der Waals surface area contributed by atoms with Gasteiger partial charge in [0.2, 0.25) is 11.6 Å². The summed E-state index contributed by atoms with van der Waals surface area (Å²) in [6.07, 6.45) is 2.95. The number of rotatable bonds is 5. The Balaban J connectivity index is 1.66. The van der Waals surface area contributed by atoms with Crippen LogP contribution in [0.15, 0.2) is 17.6 Å². The highest BCUT2D eigenvalue weighted by Crippen LogP contribution is 2.37. The number of ketones is 2. The van der Waals surface area contributed by atoms with Crippen molar-refractivity contribution in [3.8, 4) is 0 Å². The minimum absolute atomic E-state index is 0.0504. The van der Waals surface area contributed by atoms with Gasteiger partial charge in [0.1, 0.15) is 0 Å². The van der Waals surface area contributed by atoms with Gasteiger partial charge in [0.05, 0.1) is 17.4 Å². The molecule has 2 aromatic heterocycles. The fraction of sp³-hybridized carbons (Fsp3) is 0.273. The van der Waals surface area contributed by atoms with Crippen LogP contribution in [0.1, 0.15) is 33.7 Å². The Morgan fingerprint density at radius 1 is 1.40 bits per heavy atom. The quantitative estimate of drug-likeness (QED) is 0.611. The van der Waals surface area contributed by atoms with E-state index in [0.29, 0.717) is 5.69 Å². The van der Waals surface area contributed by atoms with Crippen molar-refractivity contribution in [2.75, 3.05) is 0 Å². The van der Waals surface area contributed by atoms with Crippen molar-refractivity contribution in [3.05, 3.63) is 34.8 Å². The molecule has 3 rings (SSSR count). The largest absolute Gasteiger partial charge is 0.290 e. The monoisotopic (exact) mass is 290 g/mol. The standard InChI is InChI=1S/C11H10N6O2S/c18-8(10(19)11-14-16-17-15-11)5-6-4-7(13-12-6)9-2-1-3-20-9/h1,3-4,9H,2,5H2,(H,12,13)(H,14,15,16,17). The minimum Gasteiger partial charge on any atom is -0.290 e. The lowest BCUT2D eigenvalue weighted by Gasteiger charge is -2.01. The van der Waals surface area contributed by atoms with E-state index in [1.165, 1.54) is 0 Å². The van der Waals surface area contributed by atoms with Crippen LogP contribution in [0.25, 0.3) is 0 Å². The molecule has 0 aliphatic carbocycles. The van der Waals surface area contributed by atoms with Crippen molar-refractivity contribution in [1.29, 1.82) is 0 Å². The summed E-state index contributed by atoms with van der Waals surface area (Å²) in [5, 5.41) is 21.6. The van der Waals surface area contributed by atoms with E-state index in [4.69, 9.17) is 0 Å². The molecule has 1 aliphatic heterocycles. The summed E-state index contributed by atoms with van der Waals surface area (Å²) in [7, 11) is 0. The van der Waals surface area contributed by atoms with Gasteiger partial charge in [-0.05, 0) is 23.1 Å². The molecule has 9 heteroatoms. The molecule has 0 amide bonds. The van der Waals surface area contributed by atoms with Crippen molar-refractivity contribution in [3.63, 3.8) is 0 Å². The molecule has 1 atom stereocenters. The van der Waals surface area contributed by atoms with E-state index in [1.807, 2.05) is 11.5 Å². The summed E-state index contributed by atoms with van der Waals surface area (Å²) in [6, 6.07) is 1.81. The number of tetrazole rings is 1. The highest BCUT2D eigenvalue weighted by molar-refractivity contribution is 8.02. The van der Waals surface area contributed by atoms with Crippen LogP contribution in [0.2, 0.25) is 0 Å². The molecule has 20 heavy (non-hydrogen) atoms. The number of Topliss-reactive ketones (excluding diaryl/α,β-unsaturated/α-hetero) is 2. The van der Waals surface area contributed by atoms with E-state index < -0.39 is 11.6 Å². The number of aromatic amines is 2. The summed E-state index contributed by atoms with van der Waals surface area (Å²) in [4.78, 5) is 23.5. The Bertz CT molecular complexity index is 654. The molecule has 2 N–H and O–H groups in total. The number of thioether (sulfide) groups is 1. The SMILES string of the molecule is O=C(Cc1cc(C2CC=CS2)n[nH]1)C(=O)c1nn[nH]n1. The third-order valence-corrected chi connectivity index (χ3v) is 3.93. The average Bonchev–Trinajstić information content (AvgIpc) is 3.19. The maximum absolute atomic E-state index is 11.8. The Hall–Kier alpha value is -2.29. The molecule has 1 aliphatic rings. The van der Waals surface area contributed by atoms with Gasteiger partial charge in [0.15, 0.2) is 0 Å². The Morgan fingerprint density at radius 2 is 2.30 bits per heavy atom.